The van der Waals surface area contributed by atoms with Crippen molar-refractivity contribution in [2.24, 2.45) is 0 Å². The molecule has 0 aliphatic carbocycles. The third kappa shape index (κ3) is 2.23. The van der Waals surface area contributed by atoms with Crippen LogP contribution in [-0.2, 0) is 4.79 Å². The molecule has 3 N–H and O–H groups in total. The van der Waals surface area contributed by atoms with Crippen molar-refractivity contribution in [1.29, 1.82) is 0 Å². The number of benzene rings is 1. The summed E-state index contributed by atoms with van der Waals surface area (Å²) in [5.41, 5.74) is 0.298. The number of aromatic hydroxyl groups is 1. The first-order valence-corrected chi connectivity index (χ1v) is 5.29. The molecule has 3 amide bonds. The molecule has 2 rings (SSSR count). The molecule has 0 aromatic heterocycles. The van der Waals surface area contributed by atoms with Gasteiger partial charge in [0.05, 0.1) is 7.11 Å². The second kappa shape index (κ2) is 4.58. The molecule has 1 aliphatic heterocycles. The van der Waals surface area contributed by atoms with Crippen molar-refractivity contribution >= 4 is 29.6 Å². The van der Waals surface area contributed by atoms with Gasteiger partial charge in [-0.1, -0.05) is 11.6 Å². The number of amides is 3. The highest BCUT2D eigenvalue weighted by Gasteiger charge is 2.23. The van der Waals surface area contributed by atoms with Gasteiger partial charge in [-0.15, -0.1) is 0 Å². The van der Waals surface area contributed by atoms with Crippen LogP contribution in [0.1, 0.15) is 5.56 Å². The van der Waals surface area contributed by atoms with Crippen LogP contribution in [0.2, 0.25) is 5.02 Å². The molecule has 7 heteroatoms. The number of hydrogen-bond donors (Lipinski definition) is 3. The zero-order valence-electron chi connectivity index (χ0n) is 9.28. The van der Waals surface area contributed by atoms with E-state index in [1.165, 1.54) is 25.3 Å². The summed E-state index contributed by atoms with van der Waals surface area (Å²) in [5, 5.41) is 14.5. The molecule has 0 saturated carbocycles. The molecule has 0 radical (unpaired) electrons. The van der Waals surface area contributed by atoms with Gasteiger partial charge in [-0.3, -0.25) is 10.1 Å². The number of carbonyl (C=O) groups excluding carboxylic acids is 2. The molecule has 6 nitrogen and oxygen atoms in total. The number of methoxy groups -OCH3 is 1. The number of halogens is 1. The van der Waals surface area contributed by atoms with E-state index in [0.717, 1.165) is 0 Å². The number of hydrogen-bond acceptors (Lipinski definition) is 4. The Hall–Kier alpha value is -2.21. The number of urea groups is 1. The molecule has 0 bridgehead atoms. The summed E-state index contributed by atoms with van der Waals surface area (Å²) in [7, 11) is 1.38. The predicted octanol–water partition coefficient (Wildman–Crippen LogP) is 1.23. The standard InChI is InChI=1S/C11H9ClN2O4/c1-18-8-4-6(12)2-5(9(8)15)3-7-10(16)14-11(17)13-7/h2-4,15H,1H3,(H2,13,14,16,17)/b7-3+. The van der Waals surface area contributed by atoms with E-state index in [1.54, 1.807) is 0 Å². The van der Waals surface area contributed by atoms with Crippen LogP contribution in [0.15, 0.2) is 17.8 Å². The fourth-order valence-electron chi connectivity index (χ4n) is 1.50. The molecule has 1 fully saturated rings. The second-order valence-electron chi connectivity index (χ2n) is 3.51. The van der Waals surface area contributed by atoms with Crippen molar-refractivity contribution in [2.45, 2.75) is 0 Å². The van der Waals surface area contributed by atoms with Gasteiger partial charge < -0.3 is 15.2 Å². The first kappa shape index (κ1) is 12.3. The monoisotopic (exact) mass is 268 g/mol. The summed E-state index contributed by atoms with van der Waals surface area (Å²) in [6.45, 7) is 0. The Labute approximate surface area is 107 Å². The maximum atomic E-state index is 11.3. The van der Waals surface area contributed by atoms with Crippen molar-refractivity contribution < 1.29 is 19.4 Å². The number of rotatable bonds is 2. The number of ether oxygens (including phenoxy) is 1. The normalized spacial score (nSPS) is 16.7. The van der Waals surface area contributed by atoms with Crippen molar-refractivity contribution in [3.05, 3.63) is 28.4 Å². The van der Waals surface area contributed by atoms with Crippen LogP contribution in [0.25, 0.3) is 6.08 Å². The van der Waals surface area contributed by atoms with Crippen molar-refractivity contribution in [2.75, 3.05) is 7.11 Å². The van der Waals surface area contributed by atoms with Gasteiger partial charge in [0, 0.05) is 16.7 Å². The second-order valence-corrected chi connectivity index (χ2v) is 3.95. The Bertz CT molecular complexity index is 568. The zero-order valence-corrected chi connectivity index (χ0v) is 10.0. The third-order valence-corrected chi connectivity index (χ3v) is 2.53. The number of nitrogens with one attached hydrogen (secondary N) is 2. The summed E-state index contributed by atoms with van der Waals surface area (Å²) < 4.78 is 4.93. The van der Waals surface area contributed by atoms with Crippen LogP contribution >= 0.6 is 11.6 Å². The van der Waals surface area contributed by atoms with Gasteiger partial charge in [0.25, 0.3) is 5.91 Å². The van der Waals surface area contributed by atoms with E-state index < -0.39 is 11.9 Å². The fraction of sp³-hybridized carbons (Fsp3) is 0.0909. The molecule has 1 aliphatic rings. The molecule has 0 spiro atoms. The molecule has 1 heterocycles. The van der Waals surface area contributed by atoms with E-state index >= 15 is 0 Å². The maximum Gasteiger partial charge on any atom is 0.326 e. The highest BCUT2D eigenvalue weighted by molar-refractivity contribution is 6.31. The Morgan fingerprint density at radius 2 is 2.06 bits per heavy atom. The largest absolute Gasteiger partial charge is 0.504 e. The van der Waals surface area contributed by atoms with Crippen LogP contribution in [-0.4, -0.2) is 24.2 Å². The molecule has 1 saturated heterocycles. The molecular formula is C11H9ClN2O4. The summed E-state index contributed by atoms with van der Waals surface area (Å²) in [5.74, 6) is -0.555. The fourth-order valence-corrected chi connectivity index (χ4v) is 1.71. The summed E-state index contributed by atoms with van der Waals surface area (Å²) >= 11 is 5.84. The highest BCUT2D eigenvalue weighted by Crippen LogP contribution is 2.34. The lowest BCUT2D eigenvalue weighted by atomic mass is 10.1. The molecule has 18 heavy (non-hydrogen) atoms. The van der Waals surface area contributed by atoms with Crippen LogP contribution in [0.3, 0.4) is 0 Å². The lowest BCUT2D eigenvalue weighted by molar-refractivity contribution is -0.115. The van der Waals surface area contributed by atoms with E-state index in [1.807, 2.05) is 5.32 Å². The van der Waals surface area contributed by atoms with Gasteiger partial charge in [-0.05, 0) is 12.1 Å². The van der Waals surface area contributed by atoms with Crippen LogP contribution < -0.4 is 15.4 Å². The van der Waals surface area contributed by atoms with Crippen LogP contribution in [0.4, 0.5) is 4.79 Å². The van der Waals surface area contributed by atoms with E-state index in [2.05, 4.69) is 5.32 Å². The van der Waals surface area contributed by atoms with E-state index in [0.29, 0.717) is 5.02 Å². The topological polar surface area (TPSA) is 87.7 Å². The lowest BCUT2D eigenvalue weighted by Crippen LogP contribution is -2.22. The molecular weight excluding hydrogens is 260 g/mol. The molecule has 1 aromatic rings. The molecule has 0 unspecified atom stereocenters. The van der Waals surface area contributed by atoms with Crippen molar-refractivity contribution in [3.63, 3.8) is 0 Å². The van der Waals surface area contributed by atoms with Gasteiger partial charge in [-0.25, -0.2) is 4.79 Å². The Morgan fingerprint density at radius 1 is 1.33 bits per heavy atom. The van der Waals surface area contributed by atoms with Gasteiger partial charge in [-0.2, -0.15) is 0 Å². The first-order valence-electron chi connectivity index (χ1n) is 4.92. The Kier molecular flexibility index (Phi) is 3.12. The minimum absolute atomic E-state index is 0.0274. The third-order valence-electron chi connectivity index (χ3n) is 2.31. The summed E-state index contributed by atoms with van der Waals surface area (Å²) in [6.07, 6.45) is 1.31. The first-order chi connectivity index (χ1) is 8.51. The van der Waals surface area contributed by atoms with E-state index in [9.17, 15) is 14.7 Å². The lowest BCUT2D eigenvalue weighted by Gasteiger charge is -2.07. The van der Waals surface area contributed by atoms with Crippen molar-refractivity contribution in [1.82, 2.24) is 10.6 Å². The minimum atomic E-state index is -0.611. The summed E-state index contributed by atoms with van der Waals surface area (Å²) in [4.78, 5) is 22.3. The average Bonchev–Trinajstić information content (AvgIpc) is 2.62. The van der Waals surface area contributed by atoms with Gasteiger partial charge in [0.2, 0.25) is 0 Å². The molecule has 1 aromatic carbocycles. The zero-order chi connectivity index (χ0) is 13.3. The van der Waals surface area contributed by atoms with Crippen LogP contribution in [0, 0.1) is 0 Å². The smallest absolute Gasteiger partial charge is 0.326 e. The number of imide groups is 1. The quantitative estimate of drug-likeness (QED) is 0.556. The molecule has 94 valence electrons. The predicted molar refractivity (Wildman–Crippen MR) is 64.3 cm³/mol. The highest BCUT2D eigenvalue weighted by atomic mass is 35.5. The van der Waals surface area contributed by atoms with Crippen LogP contribution in [0.5, 0.6) is 11.5 Å². The number of carbonyl (C=O) groups is 2. The Balaban J connectivity index is 2.46. The van der Waals surface area contributed by atoms with Crippen molar-refractivity contribution in [3.8, 4) is 11.5 Å². The minimum Gasteiger partial charge on any atom is -0.504 e. The Morgan fingerprint density at radius 3 is 2.61 bits per heavy atom. The van der Waals surface area contributed by atoms with E-state index in [-0.39, 0.29) is 22.8 Å². The van der Waals surface area contributed by atoms with Gasteiger partial charge in [0.1, 0.15) is 5.70 Å². The average molecular weight is 269 g/mol. The maximum absolute atomic E-state index is 11.3. The number of phenols is 1. The van der Waals surface area contributed by atoms with Gasteiger partial charge in [0.15, 0.2) is 11.5 Å². The summed E-state index contributed by atoms with van der Waals surface area (Å²) in [6, 6.07) is 2.27. The SMILES string of the molecule is COc1cc(Cl)cc(/C=C2/NC(=O)NC2=O)c1O. The molecule has 0 atom stereocenters. The van der Waals surface area contributed by atoms with Gasteiger partial charge >= 0.3 is 6.03 Å². The number of phenolic OH excluding ortho intramolecular Hbond substituents is 1. The van der Waals surface area contributed by atoms with E-state index in [4.69, 9.17) is 16.3 Å².